The highest BCUT2D eigenvalue weighted by molar-refractivity contribution is 14.1. The van der Waals surface area contributed by atoms with Gasteiger partial charge in [-0.3, -0.25) is 4.79 Å². The van der Waals surface area contributed by atoms with Crippen molar-refractivity contribution in [3.8, 4) is 11.5 Å². The predicted molar refractivity (Wildman–Crippen MR) is 87.3 cm³/mol. The summed E-state index contributed by atoms with van der Waals surface area (Å²) < 4.78 is 11.1. The summed E-state index contributed by atoms with van der Waals surface area (Å²) in [5, 5.41) is -0.604. The highest BCUT2D eigenvalue weighted by atomic mass is 127. The van der Waals surface area contributed by atoms with Crippen molar-refractivity contribution in [3.05, 3.63) is 57.2 Å². The summed E-state index contributed by atoms with van der Waals surface area (Å²) in [5.74, 6) is 0.0283. The zero-order chi connectivity index (χ0) is 15.4. The number of carbonyl (C=O) groups is 2. The maximum Gasteiger partial charge on any atom is 0.343 e. The van der Waals surface area contributed by atoms with Gasteiger partial charge in [0.15, 0.2) is 11.5 Å². The van der Waals surface area contributed by atoms with Gasteiger partial charge in [-0.1, -0.05) is 18.2 Å². The van der Waals surface area contributed by atoms with Crippen LogP contribution in [0.15, 0.2) is 42.5 Å². The molecule has 108 valence electrons. The van der Waals surface area contributed by atoms with Crippen molar-refractivity contribution in [2.24, 2.45) is 0 Å². The van der Waals surface area contributed by atoms with E-state index < -0.39 is 11.2 Å². The Kier molecular flexibility index (Phi) is 5.19. The zero-order valence-corrected chi connectivity index (χ0v) is 13.8. The molecule has 2 aromatic rings. The molecule has 2 rings (SSSR count). The maximum absolute atomic E-state index is 12.1. The van der Waals surface area contributed by atoms with Gasteiger partial charge < -0.3 is 9.47 Å². The number of carbonyl (C=O) groups excluding carboxylic acids is 2. The first-order valence-electron chi connectivity index (χ1n) is 5.87. The molecule has 0 radical (unpaired) electrons. The smallest absolute Gasteiger partial charge is 0.343 e. The number of rotatable bonds is 4. The van der Waals surface area contributed by atoms with Gasteiger partial charge in [0.25, 0.3) is 5.24 Å². The number of methoxy groups -OCH3 is 1. The summed E-state index contributed by atoms with van der Waals surface area (Å²) >= 11 is 7.41. The first-order chi connectivity index (χ1) is 10.0. The van der Waals surface area contributed by atoms with Crippen LogP contribution in [0.2, 0.25) is 0 Å². The van der Waals surface area contributed by atoms with Crippen LogP contribution >= 0.6 is 34.2 Å². The van der Waals surface area contributed by atoms with Crippen LogP contribution in [-0.2, 0) is 0 Å². The quantitative estimate of drug-likeness (QED) is 0.328. The number of hydrogen-bond acceptors (Lipinski definition) is 4. The fraction of sp³-hybridized carbons (Fsp3) is 0.0667. The minimum Gasteiger partial charge on any atom is -0.493 e. The molecule has 0 bridgehead atoms. The molecule has 2 aromatic carbocycles. The molecule has 0 fully saturated rings. The Hall–Kier alpha value is -1.60. The number of benzene rings is 2. The van der Waals surface area contributed by atoms with Gasteiger partial charge >= 0.3 is 5.97 Å². The number of hydrogen-bond donors (Lipinski definition) is 0. The van der Waals surface area contributed by atoms with Crippen molar-refractivity contribution in [3.63, 3.8) is 0 Å². The Morgan fingerprint density at radius 3 is 2.33 bits per heavy atom. The molecule has 0 aliphatic carbocycles. The molecular weight excluding hydrogens is 407 g/mol. The van der Waals surface area contributed by atoms with Crippen LogP contribution in [0.4, 0.5) is 0 Å². The Balaban J connectivity index is 2.36. The van der Waals surface area contributed by atoms with E-state index in [1.165, 1.54) is 19.2 Å². The van der Waals surface area contributed by atoms with Gasteiger partial charge in [-0.05, 0) is 58.5 Å². The van der Waals surface area contributed by atoms with Gasteiger partial charge in [0, 0.05) is 5.56 Å². The molecule has 0 saturated carbocycles. The summed E-state index contributed by atoms with van der Waals surface area (Å²) in [6, 6.07) is 11.6. The van der Waals surface area contributed by atoms with Crippen LogP contribution in [0.1, 0.15) is 20.7 Å². The van der Waals surface area contributed by atoms with E-state index in [0.29, 0.717) is 9.13 Å². The lowest BCUT2D eigenvalue weighted by molar-refractivity contribution is 0.0728. The fourth-order valence-corrected chi connectivity index (χ4v) is 2.48. The monoisotopic (exact) mass is 416 g/mol. The molecule has 6 heteroatoms. The molecule has 0 spiro atoms. The second-order valence-electron chi connectivity index (χ2n) is 4.02. The minimum absolute atomic E-state index is 0.258. The topological polar surface area (TPSA) is 52.6 Å². The van der Waals surface area contributed by atoms with Gasteiger partial charge in [0.05, 0.1) is 16.2 Å². The van der Waals surface area contributed by atoms with E-state index in [1.54, 1.807) is 24.3 Å². The highest BCUT2D eigenvalue weighted by Crippen LogP contribution is 2.34. The lowest BCUT2D eigenvalue weighted by atomic mass is 10.2. The molecule has 0 aliphatic rings. The van der Waals surface area contributed by atoms with E-state index in [9.17, 15) is 9.59 Å². The van der Waals surface area contributed by atoms with Crippen molar-refractivity contribution in [1.29, 1.82) is 0 Å². The van der Waals surface area contributed by atoms with Gasteiger partial charge in [-0.25, -0.2) is 4.79 Å². The molecule has 21 heavy (non-hydrogen) atoms. The fourth-order valence-electron chi connectivity index (χ4n) is 1.66. The first-order valence-corrected chi connectivity index (χ1v) is 7.33. The minimum atomic E-state index is -0.604. The van der Waals surface area contributed by atoms with Crippen LogP contribution in [0, 0.1) is 3.57 Å². The molecule has 0 aromatic heterocycles. The van der Waals surface area contributed by atoms with Crippen molar-refractivity contribution in [2.45, 2.75) is 0 Å². The summed E-state index contributed by atoms with van der Waals surface area (Å²) in [7, 11) is 1.42. The molecule has 0 atom stereocenters. The number of halogens is 2. The van der Waals surface area contributed by atoms with Crippen LogP contribution < -0.4 is 9.47 Å². The molecule has 0 unspecified atom stereocenters. The number of ether oxygens (including phenoxy) is 2. The molecule has 0 amide bonds. The highest BCUT2D eigenvalue weighted by Gasteiger charge is 2.18. The Labute approximate surface area is 140 Å². The standard InChI is InChI=1S/C15H10ClIO4/c1-20-12-8-10(14(16)18)7-11(17)13(12)21-15(19)9-5-3-2-4-6-9/h2-8H,1H3. The van der Waals surface area contributed by atoms with Crippen molar-refractivity contribution >= 4 is 45.4 Å². The van der Waals surface area contributed by atoms with Crippen LogP contribution in [-0.4, -0.2) is 18.3 Å². The third-order valence-corrected chi connectivity index (χ3v) is 3.68. The van der Waals surface area contributed by atoms with Gasteiger partial charge in [0.2, 0.25) is 0 Å². The lowest BCUT2D eigenvalue weighted by Crippen LogP contribution is -2.10. The Morgan fingerprint density at radius 2 is 1.76 bits per heavy atom. The van der Waals surface area contributed by atoms with Crippen molar-refractivity contribution < 1.29 is 19.1 Å². The van der Waals surface area contributed by atoms with Crippen molar-refractivity contribution in [1.82, 2.24) is 0 Å². The van der Waals surface area contributed by atoms with E-state index >= 15 is 0 Å². The van der Waals surface area contributed by atoms with E-state index in [2.05, 4.69) is 0 Å². The molecule has 0 aliphatic heterocycles. The molecule has 0 N–H and O–H groups in total. The van der Waals surface area contributed by atoms with Crippen LogP contribution in [0.5, 0.6) is 11.5 Å². The van der Waals surface area contributed by atoms with E-state index in [0.717, 1.165) is 0 Å². The second-order valence-corrected chi connectivity index (χ2v) is 5.52. The largest absolute Gasteiger partial charge is 0.493 e. The van der Waals surface area contributed by atoms with E-state index in [4.69, 9.17) is 21.1 Å². The third kappa shape index (κ3) is 3.74. The summed E-state index contributed by atoms with van der Waals surface area (Å²) in [6.07, 6.45) is 0. The molecule has 0 saturated heterocycles. The van der Waals surface area contributed by atoms with Gasteiger partial charge in [-0.15, -0.1) is 0 Å². The van der Waals surface area contributed by atoms with Crippen LogP contribution in [0.3, 0.4) is 0 Å². The first kappa shape index (κ1) is 15.8. The van der Waals surface area contributed by atoms with E-state index in [-0.39, 0.29) is 17.1 Å². The number of esters is 1. The molecular formula is C15H10ClIO4. The average Bonchev–Trinajstić information content (AvgIpc) is 2.49. The van der Waals surface area contributed by atoms with Gasteiger partial charge in [0.1, 0.15) is 0 Å². The molecule has 4 nitrogen and oxygen atoms in total. The lowest BCUT2D eigenvalue weighted by Gasteiger charge is -2.12. The van der Waals surface area contributed by atoms with E-state index in [1.807, 2.05) is 28.7 Å². The average molecular weight is 417 g/mol. The van der Waals surface area contributed by atoms with Gasteiger partial charge in [-0.2, -0.15) is 0 Å². The predicted octanol–water partition coefficient (Wildman–Crippen LogP) is 3.90. The van der Waals surface area contributed by atoms with Crippen molar-refractivity contribution in [2.75, 3.05) is 7.11 Å². The Bertz CT molecular complexity index is 686. The third-order valence-electron chi connectivity index (χ3n) is 2.66. The van der Waals surface area contributed by atoms with Crippen LogP contribution in [0.25, 0.3) is 0 Å². The summed E-state index contributed by atoms with van der Waals surface area (Å²) in [4.78, 5) is 23.3. The second kappa shape index (κ2) is 6.91. The Morgan fingerprint density at radius 1 is 1.10 bits per heavy atom. The summed E-state index contributed by atoms with van der Waals surface area (Å²) in [5.41, 5.74) is 0.699. The maximum atomic E-state index is 12.1. The SMILES string of the molecule is COc1cc(C(=O)Cl)cc(I)c1OC(=O)c1ccccc1. The zero-order valence-electron chi connectivity index (χ0n) is 10.9. The normalized spacial score (nSPS) is 10.0. The molecule has 0 heterocycles. The summed E-state index contributed by atoms with van der Waals surface area (Å²) in [6.45, 7) is 0.